The van der Waals surface area contributed by atoms with Crippen molar-refractivity contribution in [2.45, 2.75) is 52.4 Å². The lowest BCUT2D eigenvalue weighted by Crippen LogP contribution is -2.10. The lowest BCUT2D eigenvalue weighted by atomic mass is 10.0. The number of hydrogen-bond acceptors (Lipinski definition) is 6. The fourth-order valence-corrected chi connectivity index (χ4v) is 3.68. The van der Waals surface area contributed by atoms with Crippen molar-refractivity contribution < 1.29 is 28.6 Å². The topological polar surface area (TPSA) is 78.9 Å². The molecule has 0 N–H and O–H groups in total. The molecule has 0 saturated heterocycles. The number of carbonyl (C=O) groups is 3. The summed E-state index contributed by atoms with van der Waals surface area (Å²) >= 11 is 0. The van der Waals surface area contributed by atoms with Crippen molar-refractivity contribution in [1.29, 1.82) is 0 Å². The summed E-state index contributed by atoms with van der Waals surface area (Å²) in [5, 5.41) is 1.60. The molecule has 0 amide bonds. The van der Waals surface area contributed by atoms with Gasteiger partial charge in [0.15, 0.2) is 5.78 Å². The van der Waals surface area contributed by atoms with Gasteiger partial charge < -0.3 is 14.2 Å². The van der Waals surface area contributed by atoms with E-state index in [1.807, 2.05) is 31.2 Å². The van der Waals surface area contributed by atoms with Crippen molar-refractivity contribution in [2.75, 3.05) is 13.2 Å². The Bertz CT molecular complexity index is 1150. The largest absolute Gasteiger partial charge is 0.493 e. The third-order valence-corrected chi connectivity index (χ3v) is 5.66. The highest BCUT2D eigenvalue weighted by Gasteiger charge is 2.15. The van der Waals surface area contributed by atoms with Crippen molar-refractivity contribution in [3.8, 4) is 11.5 Å². The van der Waals surface area contributed by atoms with E-state index in [2.05, 4.69) is 0 Å². The number of ketones is 1. The van der Waals surface area contributed by atoms with Gasteiger partial charge in [-0.05, 0) is 67.5 Å². The summed E-state index contributed by atoms with van der Waals surface area (Å²) in [6, 6.07) is 17.7. The zero-order valence-electron chi connectivity index (χ0n) is 20.4. The lowest BCUT2D eigenvalue weighted by molar-refractivity contribution is -0.143. The molecule has 0 unspecified atom stereocenters. The molecule has 0 fully saturated rings. The van der Waals surface area contributed by atoms with Crippen LogP contribution in [0.3, 0.4) is 0 Å². The number of fused-ring (bicyclic) bond motifs is 1. The van der Waals surface area contributed by atoms with Gasteiger partial charge in [-0.1, -0.05) is 38.1 Å². The minimum Gasteiger partial charge on any atom is -0.493 e. The third-order valence-electron chi connectivity index (χ3n) is 5.66. The highest BCUT2D eigenvalue weighted by molar-refractivity contribution is 6.07. The van der Waals surface area contributed by atoms with E-state index in [1.165, 1.54) is 0 Å². The van der Waals surface area contributed by atoms with Crippen LogP contribution in [-0.4, -0.2) is 30.9 Å². The molecule has 3 aromatic rings. The van der Waals surface area contributed by atoms with Crippen LogP contribution in [0.2, 0.25) is 0 Å². The van der Waals surface area contributed by atoms with Gasteiger partial charge in [0.1, 0.15) is 11.5 Å². The summed E-state index contributed by atoms with van der Waals surface area (Å²) in [4.78, 5) is 35.8. The SMILES string of the molecule is CCC(=O)OCCCCCCOc1ccc(C(=O)Oc2ccc(C(=O)CC)cc2)c2ccccc12. The van der Waals surface area contributed by atoms with E-state index in [-0.39, 0.29) is 11.8 Å². The van der Waals surface area contributed by atoms with Crippen LogP contribution in [0.25, 0.3) is 10.8 Å². The van der Waals surface area contributed by atoms with Gasteiger partial charge in [0.25, 0.3) is 0 Å². The van der Waals surface area contributed by atoms with Crippen LogP contribution in [0, 0.1) is 0 Å². The van der Waals surface area contributed by atoms with E-state index in [4.69, 9.17) is 14.2 Å². The Kier molecular flexibility index (Phi) is 9.84. The molecule has 3 aromatic carbocycles. The standard InChI is InChI=1S/C29H32O6/c1-3-26(30)21-13-15-22(16-14-21)35-29(32)25-17-18-27(24-12-8-7-11-23(24)25)33-19-9-5-6-10-20-34-28(31)4-2/h7-8,11-18H,3-6,9-10,19-20H2,1-2H3. The van der Waals surface area contributed by atoms with E-state index in [0.717, 1.165) is 42.2 Å². The highest BCUT2D eigenvalue weighted by atomic mass is 16.5. The number of unbranched alkanes of at least 4 members (excludes halogenated alkanes) is 3. The first-order valence-electron chi connectivity index (χ1n) is 12.2. The van der Waals surface area contributed by atoms with Crippen molar-refractivity contribution in [3.05, 3.63) is 71.8 Å². The Morgan fingerprint density at radius 3 is 2.09 bits per heavy atom. The molecule has 3 rings (SSSR count). The van der Waals surface area contributed by atoms with Crippen molar-refractivity contribution in [1.82, 2.24) is 0 Å². The average Bonchev–Trinajstić information content (AvgIpc) is 2.89. The first-order chi connectivity index (χ1) is 17.0. The van der Waals surface area contributed by atoms with E-state index in [1.54, 1.807) is 43.3 Å². The molecule has 0 spiro atoms. The molecule has 0 atom stereocenters. The summed E-state index contributed by atoms with van der Waals surface area (Å²) in [6.07, 6.45) is 4.52. The first-order valence-corrected chi connectivity index (χ1v) is 12.2. The van der Waals surface area contributed by atoms with Crippen molar-refractivity contribution in [2.24, 2.45) is 0 Å². The Morgan fingerprint density at radius 1 is 0.714 bits per heavy atom. The molecule has 0 aromatic heterocycles. The number of rotatable bonds is 13. The summed E-state index contributed by atoms with van der Waals surface area (Å²) in [7, 11) is 0. The van der Waals surface area contributed by atoms with Gasteiger partial charge in [-0.15, -0.1) is 0 Å². The van der Waals surface area contributed by atoms with E-state index in [0.29, 0.717) is 42.9 Å². The van der Waals surface area contributed by atoms with Gasteiger partial charge in [0, 0.05) is 23.8 Å². The summed E-state index contributed by atoms with van der Waals surface area (Å²) in [6.45, 7) is 4.63. The van der Waals surface area contributed by atoms with Gasteiger partial charge in [0.2, 0.25) is 0 Å². The second-order valence-corrected chi connectivity index (χ2v) is 8.18. The Labute approximate surface area is 206 Å². The maximum atomic E-state index is 12.9. The van der Waals surface area contributed by atoms with E-state index < -0.39 is 5.97 Å². The Balaban J connectivity index is 1.57. The quantitative estimate of drug-likeness (QED) is 0.121. The molecule has 0 saturated carbocycles. The normalized spacial score (nSPS) is 10.7. The molecule has 6 heteroatoms. The second-order valence-electron chi connectivity index (χ2n) is 8.18. The molecular formula is C29H32O6. The molecule has 0 aliphatic carbocycles. The minimum atomic E-state index is -0.467. The van der Waals surface area contributed by atoms with Crippen LogP contribution in [0.1, 0.15) is 73.1 Å². The monoisotopic (exact) mass is 476 g/mol. The summed E-state index contributed by atoms with van der Waals surface area (Å²) in [5.41, 5.74) is 1.04. The molecule has 0 radical (unpaired) electrons. The fraction of sp³-hybridized carbons (Fsp3) is 0.345. The van der Waals surface area contributed by atoms with Gasteiger partial charge in [-0.3, -0.25) is 9.59 Å². The van der Waals surface area contributed by atoms with Crippen LogP contribution in [-0.2, 0) is 9.53 Å². The van der Waals surface area contributed by atoms with Gasteiger partial charge in [0.05, 0.1) is 18.8 Å². The van der Waals surface area contributed by atoms with Crippen molar-refractivity contribution in [3.63, 3.8) is 0 Å². The molecule has 0 aliphatic heterocycles. The second kappa shape index (κ2) is 13.3. The number of hydrogen-bond donors (Lipinski definition) is 0. The van der Waals surface area contributed by atoms with Crippen molar-refractivity contribution >= 4 is 28.5 Å². The molecule has 184 valence electrons. The number of ether oxygens (including phenoxy) is 3. The third kappa shape index (κ3) is 7.41. The zero-order valence-corrected chi connectivity index (χ0v) is 20.4. The smallest absolute Gasteiger partial charge is 0.344 e. The van der Waals surface area contributed by atoms with Crippen LogP contribution in [0.4, 0.5) is 0 Å². The Morgan fingerprint density at radius 2 is 1.40 bits per heavy atom. The molecular weight excluding hydrogens is 444 g/mol. The first kappa shape index (κ1) is 25.9. The van der Waals surface area contributed by atoms with Gasteiger partial charge in [-0.25, -0.2) is 4.79 Å². The number of Topliss-reactive ketones (excluding diaryl/α,β-unsaturated/α-hetero) is 1. The molecule has 0 heterocycles. The van der Waals surface area contributed by atoms with E-state index in [9.17, 15) is 14.4 Å². The maximum absolute atomic E-state index is 12.9. The fourth-order valence-electron chi connectivity index (χ4n) is 3.68. The van der Waals surface area contributed by atoms with Gasteiger partial charge in [-0.2, -0.15) is 0 Å². The molecule has 0 bridgehead atoms. The molecule has 0 aliphatic rings. The number of carbonyl (C=O) groups excluding carboxylic acids is 3. The van der Waals surface area contributed by atoms with E-state index >= 15 is 0 Å². The Hall–Kier alpha value is -3.67. The van der Waals surface area contributed by atoms with Gasteiger partial charge >= 0.3 is 11.9 Å². The predicted molar refractivity (Wildman–Crippen MR) is 135 cm³/mol. The lowest BCUT2D eigenvalue weighted by Gasteiger charge is -2.12. The van der Waals surface area contributed by atoms with Crippen LogP contribution in [0.5, 0.6) is 11.5 Å². The maximum Gasteiger partial charge on any atom is 0.344 e. The summed E-state index contributed by atoms with van der Waals surface area (Å²) < 4.78 is 16.7. The zero-order chi connectivity index (χ0) is 25.0. The summed E-state index contributed by atoms with van der Waals surface area (Å²) in [5.74, 6) is 0.523. The van der Waals surface area contributed by atoms with Crippen LogP contribution in [0.15, 0.2) is 60.7 Å². The highest BCUT2D eigenvalue weighted by Crippen LogP contribution is 2.30. The molecule has 35 heavy (non-hydrogen) atoms. The number of benzene rings is 3. The predicted octanol–water partition coefficient (Wildman–Crippen LogP) is 6.54. The van der Waals surface area contributed by atoms with Crippen LogP contribution < -0.4 is 9.47 Å². The minimum absolute atomic E-state index is 0.0435. The average molecular weight is 477 g/mol. The molecule has 6 nitrogen and oxygen atoms in total. The number of esters is 2. The van der Waals surface area contributed by atoms with Crippen LogP contribution >= 0.6 is 0 Å².